The lowest BCUT2D eigenvalue weighted by Crippen LogP contribution is -2.32. The third kappa shape index (κ3) is 9.18. The topological polar surface area (TPSA) is 35.8 Å². The van der Waals surface area contributed by atoms with Gasteiger partial charge in [-0.3, -0.25) is 0 Å². The molecule has 0 aromatic rings. The van der Waals surface area contributed by atoms with Gasteiger partial charge in [0.1, 0.15) is 0 Å². The van der Waals surface area contributed by atoms with Gasteiger partial charge in [0.2, 0.25) is 0 Å². The predicted molar refractivity (Wildman–Crippen MR) is 74.8 cm³/mol. The molecule has 1 N–H and O–H groups in total. The SMILES string of the molecule is CCCCC(CC)CNCC(C)(C)CCC#N. The average molecular weight is 238 g/mol. The van der Waals surface area contributed by atoms with Crippen LogP contribution in [0.3, 0.4) is 0 Å². The lowest BCUT2D eigenvalue weighted by atomic mass is 9.87. The van der Waals surface area contributed by atoms with E-state index in [2.05, 4.69) is 39.1 Å². The van der Waals surface area contributed by atoms with Gasteiger partial charge in [-0.2, -0.15) is 5.26 Å². The molecule has 0 aromatic heterocycles. The molecular formula is C15H30N2. The molecule has 17 heavy (non-hydrogen) atoms. The van der Waals surface area contributed by atoms with Gasteiger partial charge in [-0.25, -0.2) is 0 Å². The number of rotatable bonds is 10. The normalized spacial score (nSPS) is 13.4. The van der Waals surface area contributed by atoms with Crippen LogP contribution < -0.4 is 5.32 Å². The Bertz CT molecular complexity index is 215. The van der Waals surface area contributed by atoms with Crippen molar-refractivity contribution in [2.24, 2.45) is 11.3 Å². The zero-order valence-corrected chi connectivity index (χ0v) is 12.2. The summed E-state index contributed by atoms with van der Waals surface area (Å²) in [6.07, 6.45) is 6.91. The van der Waals surface area contributed by atoms with Crippen molar-refractivity contribution in [3.63, 3.8) is 0 Å². The summed E-state index contributed by atoms with van der Waals surface area (Å²) >= 11 is 0. The Balaban J connectivity index is 3.75. The first-order chi connectivity index (χ1) is 8.05. The molecule has 0 aliphatic carbocycles. The van der Waals surface area contributed by atoms with Gasteiger partial charge in [0, 0.05) is 13.0 Å². The van der Waals surface area contributed by atoms with E-state index in [1.165, 1.54) is 25.7 Å². The van der Waals surface area contributed by atoms with Crippen LogP contribution in [0.25, 0.3) is 0 Å². The molecule has 0 aliphatic heterocycles. The summed E-state index contributed by atoms with van der Waals surface area (Å²) in [4.78, 5) is 0. The smallest absolute Gasteiger partial charge is 0.0621 e. The van der Waals surface area contributed by atoms with Crippen LogP contribution in [-0.2, 0) is 0 Å². The third-order valence-corrected chi connectivity index (χ3v) is 3.49. The Kier molecular flexibility index (Phi) is 9.17. The minimum Gasteiger partial charge on any atom is -0.316 e. The van der Waals surface area contributed by atoms with Crippen molar-refractivity contribution >= 4 is 0 Å². The highest BCUT2D eigenvalue weighted by Gasteiger charge is 2.17. The Morgan fingerprint density at radius 1 is 1.29 bits per heavy atom. The van der Waals surface area contributed by atoms with E-state index in [-0.39, 0.29) is 5.41 Å². The molecule has 0 aromatic carbocycles. The van der Waals surface area contributed by atoms with Crippen molar-refractivity contribution in [2.75, 3.05) is 13.1 Å². The van der Waals surface area contributed by atoms with Crippen molar-refractivity contribution in [1.29, 1.82) is 5.26 Å². The first-order valence-electron chi connectivity index (χ1n) is 7.13. The molecule has 0 aliphatic rings. The van der Waals surface area contributed by atoms with Crippen LogP contribution in [-0.4, -0.2) is 13.1 Å². The molecule has 0 heterocycles. The maximum Gasteiger partial charge on any atom is 0.0621 e. The molecule has 0 saturated carbocycles. The van der Waals surface area contributed by atoms with Crippen LogP contribution in [0.5, 0.6) is 0 Å². The zero-order chi connectivity index (χ0) is 13.1. The molecular weight excluding hydrogens is 208 g/mol. The second-order valence-electron chi connectivity index (χ2n) is 5.87. The Hall–Kier alpha value is -0.550. The average Bonchev–Trinajstić information content (AvgIpc) is 2.31. The fraction of sp³-hybridized carbons (Fsp3) is 0.933. The first-order valence-corrected chi connectivity index (χ1v) is 7.13. The minimum atomic E-state index is 0.249. The molecule has 2 heteroatoms. The molecule has 1 atom stereocenters. The molecule has 0 amide bonds. The van der Waals surface area contributed by atoms with Crippen LogP contribution in [0.15, 0.2) is 0 Å². The highest BCUT2D eigenvalue weighted by molar-refractivity contribution is 4.79. The standard InChI is InChI=1S/C15H30N2/c1-5-7-9-14(6-2)12-17-13-15(3,4)10-8-11-16/h14,17H,5-10,12-13H2,1-4H3. The number of hydrogen-bond donors (Lipinski definition) is 1. The van der Waals surface area contributed by atoms with Crippen LogP contribution in [0, 0.1) is 22.7 Å². The molecule has 0 rings (SSSR count). The summed E-state index contributed by atoms with van der Waals surface area (Å²) in [6.45, 7) is 11.2. The van der Waals surface area contributed by atoms with Crippen molar-refractivity contribution < 1.29 is 0 Å². The predicted octanol–water partition coefficient (Wildman–Crippen LogP) is 4.12. The van der Waals surface area contributed by atoms with E-state index in [9.17, 15) is 0 Å². The fourth-order valence-corrected chi connectivity index (χ4v) is 2.04. The molecule has 0 radical (unpaired) electrons. The maximum atomic E-state index is 8.61. The Morgan fingerprint density at radius 3 is 2.53 bits per heavy atom. The second kappa shape index (κ2) is 9.48. The minimum absolute atomic E-state index is 0.249. The van der Waals surface area contributed by atoms with Gasteiger partial charge < -0.3 is 5.32 Å². The lowest BCUT2D eigenvalue weighted by molar-refractivity contribution is 0.300. The lowest BCUT2D eigenvalue weighted by Gasteiger charge is -2.25. The van der Waals surface area contributed by atoms with E-state index in [4.69, 9.17) is 5.26 Å². The highest BCUT2D eigenvalue weighted by atomic mass is 14.9. The molecule has 1 unspecified atom stereocenters. The number of hydrogen-bond acceptors (Lipinski definition) is 2. The summed E-state index contributed by atoms with van der Waals surface area (Å²) in [5.74, 6) is 0.821. The maximum absolute atomic E-state index is 8.61. The van der Waals surface area contributed by atoms with E-state index in [1.54, 1.807) is 0 Å². The summed E-state index contributed by atoms with van der Waals surface area (Å²) in [6, 6.07) is 2.23. The highest BCUT2D eigenvalue weighted by Crippen LogP contribution is 2.21. The van der Waals surface area contributed by atoms with Gasteiger partial charge in [-0.15, -0.1) is 0 Å². The van der Waals surface area contributed by atoms with E-state index < -0.39 is 0 Å². The molecule has 100 valence electrons. The largest absolute Gasteiger partial charge is 0.316 e. The number of nitriles is 1. The summed E-state index contributed by atoms with van der Waals surface area (Å²) in [5.41, 5.74) is 0.249. The van der Waals surface area contributed by atoms with E-state index in [1.807, 2.05) is 0 Å². The summed E-state index contributed by atoms with van der Waals surface area (Å²) < 4.78 is 0. The Morgan fingerprint density at radius 2 is 2.00 bits per heavy atom. The van der Waals surface area contributed by atoms with Crippen LogP contribution in [0.1, 0.15) is 66.2 Å². The number of nitrogens with zero attached hydrogens (tertiary/aromatic N) is 1. The summed E-state index contributed by atoms with van der Waals surface area (Å²) in [7, 11) is 0. The van der Waals surface area contributed by atoms with Crippen molar-refractivity contribution in [3.05, 3.63) is 0 Å². The monoisotopic (exact) mass is 238 g/mol. The number of nitrogens with one attached hydrogen (secondary N) is 1. The molecule has 0 fully saturated rings. The van der Waals surface area contributed by atoms with Gasteiger partial charge in [-0.05, 0) is 30.7 Å². The van der Waals surface area contributed by atoms with E-state index in [0.717, 1.165) is 25.4 Å². The second-order valence-corrected chi connectivity index (χ2v) is 5.87. The van der Waals surface area contributed by atoms with E-state index in [0.29, 0.717) is 6.42 Å². The van der Waals surface area contributed by atoms with Gasteiger partial charge in [0.05, 0.1) is 6.07 Å². The van der Waals surface area contributed by atoms with Gasteiger partial charge in [0.25, 0.3) is 0 Å². The molecule has 0 spiro atoms. The van der Waals surface area contributed by atoms with E-state index >= 15 is 0 Å². The first kappa shape index (κ1) is 16.4. The van der Waals surface area contributed by atoms with Gasteiger partial charge in [-0.1, -0.05) is 47.0 Å². The Labute approximate surface area is 108 Å². The quantitative estimate of drug-likeness (QED) is 0.621. The van der Waals surface area contributed by atoms with Gasteiger partial charge >= 0.3 is 0 Å². The van der Waals surface area contributed by atoms with Crippen molar-refractivity contribution in [1.82, 2.24) is 5.32 Å². The van der Waals surface area contributed by atoms with Crippen LogP contribution >= 0.6 is 0 Å². The van der Waals surface area contributed by atoms with Gasteiger partial charge in [0.15, 0.2) is 0 Å². The molecule has 0 saturated heterocycles. The fourth-order valence-electron chi connectivity index (χ4n) is 2.04. The third-order valence-electron chi connectivity index (χ3n) is 3.49. The van der Waals surface area contributed by atoms with Crippen molar-refractivity contribution in [2.45, 2.75) is 66.2 Å². The summed E-state index contributed by atoms with van der Waals surface area (Å²) in [5, 5.41) is 12.2. The zero-order valence-electron chi connectivity index (χ0n) is 12.2. The number of unbranched alkanes of at least 4 members (excludes halogenated alkanes) is 1. The van der Waals surface area contributed by atoms with Crippen LogP contribution in [0.2, 0.25) is 0 Å². The van der Waals surface area contributed by atoms with Crippen molar-refractivity contribution in [3.8, 4) is 6.07 Å². The molecule has 2 nitrogen and oxygen atoms in total. The van der Waals surface area contributed by atoms with Crippen LogP contribution in [0.4, 0.5) is 0 Å². The molecule has 0 bridgehead atoms.